The smallest absolute Gasteiger partial charge is 0.357 e. The van der Waals surface area contributed by atoms with E-state index in [4.69, 9.17) is 0 Å². The van der Waals surface area contributed by atoms with Gasteiger partial charge in [-0.05, 0) is 28.7 Å². The van der Waals surface area contributed by atoms with E-state index >= 15 is 0 Å². The van der Waals surface area contributed by atoms with Crippen LogP contribution in [0.1, 0.15) is 22.5 Å². The van der Waals surface area contributed by atoms with Crippen LogP contribution < -0.4 is 0 Å². The van der Waals surface area contributed by atoms with Crippen molar-refractivity contribution in [3.8, 4) is 0 Å². The normalized spacial score (nSPS) is 10.5. The molecule has 0 atom stereocenters. The molecule has 0 bridgehead atoms. The summed E-state index contributed by atoms with van der Waals surface area (Å²) in [6.07, 6.45) is -2.78. The number of nitrogens with zero attached hydrogens (tertiary/aromatic N) is 1. The topological polar surface area (TPSA) is 39.2 Å². The first-order chi connectivity index (χ1) is 6.97. The standard InChI is InChI=1S/C8H5BrF2INO2/c1-15-8(14)6-5(7(10)11)3(9)2-4(12)13-6/h2,7H,1H3. The number of rotatable bonds is 2. The highest BCUT2D eigenvalue weighted by Gasteiger charge is 2.24. The van der Waals surface area contributed by atoms with Crippen molar-refractivity contribution in [2.24, 2.45) is 0 Å². The molecule has 0 spiro atoms. The Hall–Kier alpha value is -0.310. The molecule has 0 fully saturated rings. The van der Waals surface area contributed by atoms with Crippen molar-refractivity contribution in [2.45, 2.75) is 6.43 Å². The molecule has 1 aromatic heterocycles. The van der Waals surface area contributed by atoms with Crippen molar-refractivity contribution in [3.05, 3.63) is 25.5 Å². The van der Waals surface area contributed by atoms with E-state index in [9.17, 15) is 13.6 Å². The fraction of sp³-hybridized carbons (Fsp3) is 0.250. The van der Waals surface area contributed by atoms with Crippen LogP contribution in [0.25, 0.3) is 0 Å². The van der Waals surface area contributed by atoms with E-state index in [1.165, 1.54) is 6.07 Å². The van der Waals surface area contributed by atoms with Crippen molar-refractivity contribution in [2.75, 3.05) is 7.11 Å². The molecule has 0 radical (unpaired) electrons. The summed E-state index contributed by atoms with van der Waals surface area (Å²) in [4.78, 5) is 14.9. The zero-order chi connectivity index (χ0) is 11.6. The van der Waals surface area contributed by atoms with Crippen LogP contribution >= 0.6 is 38.5 Å². The Labute approximate surface area is 106 Å². The van der Waals surface area contributed by atoms with E-state index in [0.717, 1.165) is 7.11 Å². The molecule has 0 aliphatic rings. The fourth-order valence-corrected chi connectivity index (χ4v) is 2.51. The Balaban J connectivity index is 3.40. The number of carbonyl (C=O) groups is 1. The van der Waals surface area contributed by atoms with Gasteiger partial charge in [0.2, 0.25) is 0 Å². The molecule has 7 heteroatoms. The third-order valence-electron chi connectivity index (χ3n) is 1.57. The van der Waals surface area contributed by atoms with Crippen LogP contribution in [0.4, 0.5) is 8.78 Å². The lowest BCUT2D eigenvalue weighted by Gasteiger charge is -2.08. The lowest BCUT2D eigenvalue weighted by Crippen LogP contribution is -2.10. The largest absolute Gasteiger partial charge is 0.464 e. The molecule has 82 valence electrons. The highest BCUT2D eigenvalue weighted by Crippen LogP contribution is 2.31. The van der Waals surface area contributed by atoms with Gasteiger partial charge in [0.15, 0.2) is 5.69 Å². The lowest BCUT2D eigenvalue weighted by molar-refractivity contribution is 0.0581. The molecule has 1 rings (SSSR count). The van der Waals surface area contributed by atoms with Crippen LogP contribution in [0.15, 0.2) is 10.5 Å². The minimum atomic E-state index is -2.78. The fourth-order valence-electron chi connectivity index (χ4n) is 0.955. The molecule has 0 N–H and O–H groups in total. The van der Waals surface area contributed by atoms with Crippen LogP contribution in [0.2, 0.25) is 0 Å². The van der Waals surface area contributed by atoms with Crippen molar-refractivity contribution < 1.29 is 18.3 Å². The first kappa shape index (κ1) is 12.8. The van der Waals surface area contributed by atoms with Gasteiger partial charge in [-0.2, -0.15) is 0 Å². The number of hydrogen-bond donors (Lipinski definition) is 0. The maximum atomic E-state index is 12.6. The van der Waals surface area contributed by atoms with E-state index in [0.29, 0.717) is 3.70 Å². The third kappa shape index (κ3) is 2.83. The van der Waals surface area contributed by atoms with Crippen LogP contribution in [0.3, 0.4) is 0 Å². The predicted octanol–water partition coefficient (Wildman–Crippen LogP) is 3.17. The molecule has 0 aliphatic heterocycles. The van der Waals surface area contributed by atoms with Gasteiger partial charge in [-0.15, -0.1) is 0 Å². The summed E-state index contributed by atoms with van der Waals surface area (Å²) in [5.74, 6) is -0.871. The number of aromatic nitrogens is 1. The van der Waals surface area contributed by atoms with Crippen LogP contribution in [0, 0.1) is 3.70 Å². The second-order valence-electron chi connectivity index (χ2n) is 2.48. The molecule has 1 aromatic rings. The average molecular weight is 392 g/mol. The van der Waals surface area contributed by atoms with Gasteiger partial charge < -0.3 is 4.74 Å². The van der Waals surface area contributed by atoms with Gasteiger partial charge in [0.25, 0.3) is 6.43 Å². The van der Waals surface area contributed by atoms with Gasteiger partial charge >= 0.3 is 5.97 Å². The molecule has 15 heavy (non-hydrogen) atoms. The van der Waals surface area contributed by atoms with E-state index in [2.05, 4.69) is 25.7 Å². The van der Waals surface area contributed by atoms with E-state index in [1.807, 2.05) is 22.6 Å². The molecule has 0 amide bonds. The Kier molecular flexibility index (Phi) is 4.38. The Bertz CT molecular complexity index is 400. The van der Waals surface area contributed by atoms with Crippen LogP contribution in [-0.4, -0.2) is 18.1 Å². The molecule has 0 aliphatic carbocycles. The quantitative estimate of drug-likeness (QED) is 0.441. The predicted molar refractivity (Wildman–Crippen MR) is 61.0 cm³/mol. The number of pyridine rings is 1. The number of methoxy groups -OCH3 is 1. The van der Waals surface area contributed by atoms with E-state index in [1.54, 1.807) is 0 Å². The molecule has 0 aromatic carbocycles. The highest BCUT2D eigenvalue weighted by atomic mass is 127. The molecular formula is C8H5BrF2INO2. The van der Waals surface area contributed by atoms with Crippen molar-refractivity contribution >= 4 is 44.5 Å². The molecular weight excluding hydrogens is 387 g/mol. The Morgan fingerprint density at radius 1 is 1.67 bits per heavy atom. The SMILES string of the molecule is COC(=O)c1nc(I)cc(Br)c1C(F)F. The molecule has 3 nitrogen and oxygen atoms in total. The Morgan fingerprint density at radius 2 is 2.27 bits per heavy atom. The third-order valence-corrected chi connectivity index (χ3v) is 2.78. The van der Waals surface area contributed by atoms with Gasteiger partial charge in [-0.3, -0.25) is 0 Å². The van der Waals surface area contributed by atoms with E-state index in [-0.39, 0.29) is 10.2 Å². The molecule has 0 saturated heterocycles. The minimum absolute atomic E-state index is 0.150. The number of carbonyl (C=O) groups excluding carboxylic acids is 1. The molecule has 1 heterocycles. The zero-order valence-electron chi connectivity index (χ0n) is 7.43. The first-order valence-corrected chi connectivity index (χ1v) is 5.57. The average Bonchev–Trinajstić information content (AvgIpc) is 2.14. The monoisotopic (exact) mass is 391 g/mol. The first-order valence-electron chi connectivity index (χ1n) is 3.69. The lowest BCUT2D eigenvalue weighted by atomic mass is 10.2. The van der Waals surface area contributed by atoms with Gasteiger partial charge in [0.1, 0.15) is 3.70 Å². The number of hydrogen-bond acceptors (Lipinski definition) is 3. The van der Waals surface area contributed by atoms with Crippen molar-refractivity contribution in [1.29, 1.82) is 0 Å². The summed E-state index contributed by atoms with van der Waals surface area (Å²) in [6.45, 7) is 0. The Morgan fingerprint density at radius 3 is 2.73 bits per heavy atom. The van der Waals surface area contributed by atoms with Crippen molar-refractivity contribution in [1.82, 2.24) is 4.98 Å². The second-order valence-corrected chi connectivity index (χ2v) is 4.44. The van der Waals surface area contributed by atoms with Gasteiger partial charge in [-0.25, -0.2) is 18.6 Å². The van der Waals surface area contributed by atoms with Gasteiger partial charge in [-0.1, -0.05) is 15.9 Å². The van der Waals surface area contributed by atoms with E-state index < -0.39 is 18.0 Å². The number of alkyl halides is 2. The van der Waals surface area contributed by atoms with Crippen molar-refractivity contribution in [3.63, 3.8) is 0 Å². The van der Waals surface area contributed by atoms with Crippen LogP contribution in [0.5, 0.6) is 0 Å². The second kappa shape index (κ2) is 5.15. The highest BCUT2D eigenvalue weighted by molar-refractivity contribution is 14.1. The summed E-state index contributed by atoms with van der Waals surface area (Å²) in [7, 11) is 1.12. The minimum Gasteiger partial charge on any atom is -0.464 e. The maximum absolute atomic E-state index is 12.6. The summed E-state index contributed by atoms with van der Waals surface area (Å²) >= 11 is 4.79. The van der Waals surface area contributed by atoms with Gasteiger partial charge in [0.05, 0.1) is 12.7 Å². The molecule has 0 saturated carbocycles. The van der Waals surface area contributed by atoms with Crippen LogP contribution in [-0.2, 0) is 4.74 Å². The molecule has 0 unspecified atom stereocenters. The van der Waals surface area contributed by atoms with Gasteiger partial charge in [0, 0.05) is 4.47 Å². The maximum Gasteiger partial charge on any atom is 0.357 e. The zero-order valence-corrected chi connectivity index (χ0v) is 11.2. The number of halogens is 4. The number of ether oxygens (including phenoxy) is 1. The summed E-state index contributed by atoms with van der Waals surface area (Å²) in [5.41, 5.74) is -0.798. The number of esters is 1. The summed E-state index contributed by atoms with van der Waals surface area (Å²) in [5, 5.41) is 0. The summed E-state index contributed by atoms with van der Waals surface area (Å²) in [6, 6.07) is 1.41. The summed E-state index contributed by atoms with van der Waals surface area (Å²) < 4.78 is 30.2.